The van der Waals surface area contributed by atoms with Gasteiger partial charge < -0.3 is 15.4 Å². The maximum Gasteiger partial charge on any atom is 0.150 e. The summed E-state index contributed by atoms with van der Waals surface area (Å²) in [6, 6.07) is -0.343. The fraction of sp³-hybridized carbons (Fsp3) is 0.700. The average molecular weight is 259 g/mol. The molecule has 96 valence electrons. The van der Waals surface area contributed by atoms with E-state index in [2.05, 4.69) is 4.98 Å². The van der Waals surface area contributed by atoms with E-state index in [9.17, 15) is 8.42 Å². The van der Waals surface area contributed by atoms with E-state index in [4.69, 9.17) is 10.8 Å². The Morgan fingerprint density at radius 3 is 2.76 bits per heavy atom. The lowest BCUT2D eigenvalue weighted by molar-refractivity contribution is 0.260. The minimum atomic E-state index is -2.86. The first-order valence-corrected chi connectivity index (χ1v) is 7.44. The molecule has 0 aromatic carbocycles. The van der Waals surface area contributed by atoms with E-state index in [-0.39, 0.29) is 24.2 Å². The lowest BCUT2D eigenvalue weighted by Crippen LogP contribution is -2.28. The quantitative estimate of drug-likeness (QED) is 0.771. The Bertz CT molecular complexity index is 469. The van der Waals surface area contributed by atoms with Crippen LogP contribution in [-0.4, -0.2) is 41.2 Å². The third kappa shape index (κ3) is 2.67. The molecule has 1 saturated heterocycles. The molecule has 0 aliphatic carbocycles. The van der Waals surface area contributed by atoms with Crippen molar-refractivity contribution in [1.82, 2.24) is 9.55 Å². The van der Waals surface area contributed by atoms with Gasteiger partial charge in [0, 0.05) is 12.2 Å². The van der Waals surface area contributed by atoms with Crippen LogP contribution in [0.5, 0.6) is 0 Å². The van der Waals surface area contributed by atoms with Crippen molar-refractivity contribution in [1.29, 1.82) is 0 Å². The van der Waals surface area contributed by atoms with Gasteiger partial charge in [0.25, 0.3) is 0 Å². The first-order chi connectivity index (χ1) is 8.03. The highest BCUT2D eigenvalue weighted by atomic mass is 32.2. The number of sulfone groups is 1. The highest BCUT2D eigenvalue weighted by Crippen LogP contribution is 2.26. The van der Waals surface area contributed by atoms with E-state index in [1.165, 1.54) is 0 Å². The fourth-order valence-corrected chi connectivity index (χ4v) is 3.62. The summed E-state index contributed by atoms with van der Waals surface area (Å²) in [5.74, 6) is 0.424. The maximum atomic E-state index is 11.4. The largest absolute Gasteiger partial charge is 0.394 e. The number of aliphatic hydroxyl groups is 1. The number of aromatic nitrogens is 2. The second-order valence-electron chi connectivity index (χ2n) is 4.40. The Morgan fingerprint density at radius 2 is 2.18 bits per heavy atom. The molecule has 0 bridgehead atoms. The van der Waals surface area contributed by atoms with Gasteiger partial charge in [-0.2, -0.15) is 0 Å². The first kappa shape index (κ1) is 12.5. The third-order valence-corrected chi connectivity index (χ3v) is 4.91. The summed E-state index contributed by atoms with van der Waals surface area (Å²) < 4.78 is 24.6. The van der Waals surface area contributed by atoms with Crippen LogP contribution in [0.4, 0.5) is 0 Å². The van der Waals surface area contributed by atoms with Crippen LogP contribution in [0.3, 0.4) is 0 Å². The van der Waals surface area contributed by atoms with E-state index in [1.807, 2.05) is 4.57 Å². The van der Waals surface area contributed by atoms with Crippen LogP contribution < -0.4 is 5.73 Å². The molecule has 17 heavy (non-hydrogen) atoms. The molecule has 6 nitrogen and oxygen atoms in total. The summed E-state index contributed by atoms with van der Waals surface area (Å²) in [6.45, 7) is -0.142. The molecule has 0 amide bonds. The monoisotopic (exact) mass is 259 g/mol. The van der Waals surface area contributed by atoms with Crippen molar-refractivity contribution in [2.75, 3.05) is 18.1 Å². The van der Waals surface area contributed by atoms with Crippen molar-refractivity contribution in [3.05, 3.63) is 18.2 Å². The van der Waals surface area contributed by atoms with E-state index >= 15 is 0 Å². The normalized spacial score (nSPS) is 22.5. The summed E-state index contributed by atoms with van der Waals surface area (Å²) >= 11 is 0. The van der Waals surface area contributed by atoms with Crippen LogP contribution >= 0.6 is 0 Å². The standard InChI is InChI=1S/C10H17N3O3S/c11-9(6-14)10-5-12-7-13(10)8-1-3-17(15,16)4-2-8/h5,7-9,14H,1-4,6,11H2. The molecule has 2 rings (SSSR count). The predicted octanol–water partition coefficient (Wildman–Crippen LogP) is -0.375. The molecule has 2 heterocycles. The molecule has 0 saturated carbocycles. The van der Waals surface area contributed by atoms with Gasteiger partial charge in [0.15, 0.2) is 0 Å². The lowest BCUT2D eigenvalue weighted by atomic mass is 10.1. The Balaban J connectivity index is 2.16. The van der Waals surface area contributed by atoms with E-state index in [1.54, 1.807) is 12.5 Å². The molecular weight excluding hydrogens is 242 g/mol. The summed E-state index contributed by atoms with van der Waals surface area (Å²) in [7, 11) is -2.86. The van der Waals surface area contributed by atoms with Crippen molar-refractivity contribution in [3.8, 4) is 0 Å². The predicted molar refractivity (Wildman–Crippen MR) is 63.2 cm³/mol. The summed E-state index contributed by atoms with van der Waals surface area (Å²) in [4.78, 5) is 4.03. The number of hydrogen-bond acceptors (Lipinski definition) is 5. The highest BCUT2D eigenvalue weighted by Gasteiger charge is 2.26. The van der Waals surface area contributed by atoms with Crippen LogP contribution in [-0.2, 0) is 9.84 Å². The van der Waals surface area contributed by atoms with Gasteiger partial charge in [-0.05, 0) is 12.8 Å². The molecule has 1 aromatic rings. The minimum absolute atomic E-state index is 0.119. The maximum absolute atomic E-state index is 11.4. The van der Waals surface area contributed by atoms with Gasteiger partial charge in [-0.15, -0.1) is 0 Å². The topological polar surface area (TPSA) is 98.2 Å². The molecule has 1 aliphatic heterocycles. The smallest absolute Gasteiger partial charge is 0.150 e. The molecule has 1 atom stereocenters. The number of nitrogens with zero attached hydrogens (tertiary/aromatic N) is 2. The fourth-order valence-electron chi connectivity index (χ4n) is 2.16. The molecule has 1 unspecified atom stereocenters. The molecule has 1 aliphatic rings. The van der Waals surface area contributed by atoms with Crippen LogP contribution in [0.15, 0.2) is 12.5 Å². The Hall–Kier alpha value is -0.920. The Morgan fingerprint density at radius 1 is 1.53 bits per heavy atom. The summed E-state index contributed by atoms with van der Waals surface area (Å²) in [6.07, 6.45) is 4.46. The zero-order chi connectivity index (χ0) is 12.5. The van der Waals surface area contributed by atoms with Crippen LogP contribution in [0.2, 0.25) is 0 Å². The Kier molecular flexibility index (Phi) is 3.50. The number of nitrogens with two attached hydrogens (primary N) is 1. The number of imidazole rings is 1. The van der Waals surface area contributed by atoms with E-state index < -0.39 is 15.9 Å². The molecule has 7 heteroatoms. The SMILES string of the molecule is NC(CO)c1cncn1C1CCS(=O)(=O)CC1. The van der Waals surface area contributed by atoms with Gasteiger partial charge in [0.1, 0.15) is 9.84 Å². The summed E-state index contributed by atoms with van der Waals surface area (Å²) in [5.41, 5.74) is 6.53. The molecule has 3 N–H and O–H groups in total. The molecule has 1 aromatic heterocycles. The van der Waals surface area contributed by atoms with Gasteiger partial charge >= 0.3 is 0 Å². The molecule has 1 fully saturated rings. The van der Waals surface area contributed by atoms with Crippen molar-refractivity contribution in [2.45, 2.75) is 24.9 Å². The zero-order valence-corrected chi connectivity index (χ0v) is 10.3. The highest BCUT2D eigenvalue weighted by molar-refractivity contribution is 7.91. The van der Waals surface area contributed by atoms with Crippen LogP contribution in [0.1, 0.15) is 30.6 Å². The van der Waals surface area contributed by atoms with Crippen molar-refractivity contribution in [3.63, 3.8) is 0 Å². The minimum Gasteiger partial charge on any atom is -0.394 e. The average Bonchev–Trinajstić information content (AvgIpc) is 2.77. The number of aliphatic hydroxyl groups excluding tert-OH is 1. The van der Waals surface area contributed by atoms with Gasteiger partial charge in [0.05, 0.1) is 36.2 Å². The second-order valence-corrected chi connectivity index (χ2v) is 6.70. The Labute approximate surface area is 100 Å². The van der Waals surface area contributed by atoms with Crippen molar-refractivity contribution >= 4 is 9.84 Å². The van der Waals surface area contributed by atoms with Gasteiger partial charge in [-0.25, -0.2) is 13.4 Å². The number of hydrogen-bond donors (Lipinski definition) is 2. The van der Waals surface area contributed by atoms with Crippen LogP contribution in [0.25, 0.3) is 0 Å². The molecular formula is C10H17N3O3S. The second kappa shape index (κ2) is 4.75. The third-order valence-electron chi connectivity index (χ3n) is 3.19. The van der Waals surface area contributed by atoms with Crippen molar-refractivity contribution < 1.29 is 13.5 Å². The zero-order valence-electron chi connectivity index (χ0n) is 9.49. The molecule has 0 spiro atoms. The lowest BCUT2D eigenvalue weighted by Gasteiger charge is -2.26. The first-order valence-electron chi connectivity index (χ1n) is 5.62. The van der Waals surface area contributed by atoms with Gasteiger partial charge in [0.2, 0.25) is 0 Å². The van der Waals surface area contributed by atoms with Gasteiger partial charge in [-0.1, -0.05) is 0 Å². The van der Waals surface area contributed by atoms with Crippen LogP contribution in [0, 0.1) is 0 Å². The molecule has 0 radical (unpaired) electrons. The van der Waals surface area contributed by atoms with Gasteiger partial charge in [-0.3, -0.25) is 0 Å². The van der Waals surface area contributed by atoms with E-state index in [0.29, 0.717) is 12.8 Å². The number of rotatable bonds is 3. The summed E-state index contributed by atoms with van der Waals surface area (Å²) in [5, 5.41) is 9.05. The van der Waals surface area contributed by atoms with Crippen molar-refractivity contribution in [2.24, 2.45) is 5.73 Å². The van der Waals surface area contributed by atoms with E-state index in [0.717, 1.165) is 5.69 Å².